The van der Waals surface area contributed by atoms with Gasteiger partial charge < -0.3 is 10.1 Å². The van der Waals surface area contributed by atoms with E-state index in [1.165, 1.54) is 0 Å². The Morgan fingerprint density at radius 1 is 0.960 bits per heavy atom. The van der Waals surface area contributed by atoms with Gasteiger partial charge in [0.15, 0.2) is 0 Å². The maximum Gasteiger partial charge on any atom is 0.433 e. The fourth-order valence-electron chi connectivity index (χ4n) is 2.29. The van der Waals surface area contributed by atoms with Gasteiger partial charge in [0.05, 0.1) is 7.11 Å². The Hall–Kier alpha value is -3.09. The van der Waals surface area contributed by atoms with E-state index in [0.29, 0.717) is 5.69 Å². The SMILES string of the molecule is COc1cccc(-c2cccc(Nc3nccc(C(F)(F)F)n3)c2)c1. The fraction of sp³-hybridized carbons (Fsp3) is 0.111. The van der Waals surface area contributed by atoms with Gasteiger partial charge in [-0.3, -0.25) is 0 Å². The van der Waals surface area contributed by atoms with E-state index in [1.54, 1.807) is 25.3 Å². The third kappa shape index (κ3) is 4.06. The third-order valence-electron chi connectivity index (χ3n) is 3.47. The van der Waals surface area contributed by atoms with Gasteiger partial charge in [0.1, 0.15) is 11.4 Å². The lowest BCUT2D eigenvalue weighted by Crippen LogP contribution is -2.10. The highest BCUT2D eigenvalue weighted by Crippen LogP contribution is 2.29. The Labute approximate surface area is 142 Å². The minimum absolute atomic E-state index is 0.113. The molecule has 0 unspecified atom stereocenters. The number of rotatable bonds is 4. The molecule has 0 amide bonds. The topological polar surface area (TPSA) is 47.0 Å². The van der Waals surface area contributed by atoms with Crippen molar-refractivity contribution in [1.82, 2.24) is 9.97 Å². The zero-order chi connectivity index (χ0) is 17.9. The lowest BCUT2D eigenvalue weighted by Gasteiger charge is -2.10. The van der Waals surface area contributed by atoms with Crippen molar-refractivity contribution >= 4 is 11.6 Å². The van der Waals surface area contributed by atoms with Crippen molar-refractivity contribution in [2.45, 2.75) is 6.18 Å². The Morgan fingerprint density at radius 3 is 2.40 bits per heavy atom. The quantitative estimate of drug-likeness (QED) is 0.729. The Morgan fingerprint density at radius 2 is 1.68 bits per heavy atom. The standard InChI is InChI=1S/C18H14F3N3O/c1-25-15-7-3-5-13(11-15)12-4-2-6-14(10-12)23-17-22-9-8-16(24-17)18(19,20)21/h2-11H,1H3,(H,22,23,24). The summed E-state index contributed by atoms with van der Waals surface area (Å²) in [5, 5.41) is 2.80. The highest BCUT2D eigenvalue weighted by atomic mass is 19.4. The van der Waals surface area contributed by atoms with Crippen LogP contribution in [0.25, 0.3) is 11.1 Å². The first-order valence-electron chi connectivity index (χ1n) is 7.37. The van der Waals surface area contributed by atoms with Crippen LogP contribution < -0.4 is 10.1 Å². The predicted octanol–water partition coefficient (Wildman–Crippen LogP) is 4.91. The van der Waals surface area contributed by atoms with E-state index in [0.717, 1.165) is 29.1 Å². The molecule has 1 N–H and O–H groups in total. The first-order chi connectivity index (χ1) is 12.0. The maximum atomic E-state index is 12.7. The Bertz CT molecular complexity index is 881. The van der Waals surface area contributed by atoms with Crippen LogP contribution in [0.3, 0.4) is 0 Å². The summed E-state index contributed by atoms with van der Waals surface area (Å²) in [4.78, 5) is 7.34. The molecule has 0 aliphatic rings. The van der Waals surface area contributed by atoms with Crippen LogP contribution in [-0.2, 0) is 6.18 Å². The Kier molecular flexibility index (Phi) is 4.56. The van der Waals surface area contributed by atoms with E-state index < -0.39 is 11.9 Å². The molecule has 1 heterocycles. The summed E-state index contributed by atoms with van der Waals surface area (Å²) in [6, 6.07) is 15.6. The zero-order valence-electron chi connectivity index (χ0n) is 13.2. The van der Waals surface area contributed by atoms with Crippen LogP contribution in [0, 0.1) is 0 Å². The molecular weight excluding hydrogens is 331 g/mol. The molecule has 0 saturated heterocycles. The van der Waals surface area contributed by atoms with Gasteiger partial charge in [-0.05, 0) is 41.5 Å². The van der Waals surface area contributed by atoms with Crippen LogP contribution in [0.15, 0.2) is 60.8 Å². The van der Waals surface area contributed by atoms with Gasteiger partial charge in [-0.25, -0.2) is 9.97 Å². The first kappa shape index (κ1) is 16.8. The lowest BCUT2D eigenvalue weighted by molar-refractivity contribution is -0.141. The summed E-state index contributed by atoms with van der Waals surface area (Å²) >= 11 is 0. The summed E-state index contributed by atoms with van der Waals surface area (Å²) < 4.78 is 43.4. The van der Waals surface area contributed by atoms with Crippen LogP contribution in [0.1, 0.15) is 5.69 Å². The molecule has 3 rings (SSSR count). The van der Waals surface area contributed by atoms with Crippen molar-refractivity contribution < 1.29 is 17.9 Å². The molecule has 2 aromatic carbocycles. The number of hydrogen-bond acceptors (Lipinski definition) is 4. The molecule has 4 nitrogen and oxygen atoms in total. The van der Waals surface area contributed by atoms with Crippen LogP contribution in [0.4, 0.5) is 24.8 Å². The van der Waals surface area contributed by atoms with E-state index in [2.05, 4.69) is 15.3 Å². The van der Waals surface area contributed by atoms with Crippen LogP contribution in [-0.4, -0.2) is 17.1 Å². The van der Waals surface area contributed by atoms with Gasteiger partial charge in [-0.15, -0.1) is 0 Å². The van der Waals surface area contributed by atoms with Gasteiger partial charge in [0.2, 0.25) is 5.95 Å². The maximum absolute atomic E-state index is 12.7. The van der Waals surface area contributed by atoms with E-state index in [9.17, 15) is 13.2 Å². The van der Waals surface area contributed by atoms with Crippen molar-refractivity contribution in [1.29, 1.82) is 0 Å². The van der Waals surface area contributed by atoms with E-state index in [4.69, 9.17) is 4.74 Å². The second-order valence-corrected chi connectivity index (χ2v) is 5.20. The largest absolute Gasteiger partial charge is 0.497 e. The third-order valence-corrected chi connectivity index (χ3v) is 3.47. The van der Waals surface area contributed by atoms with E-state index in [1.807, 2.05) is 30.3 Å². The summed E-state index contributed by atoms with van der Waals surface area (Å²) in [6.07, 6.45) is -3.44. The normalized spacial score (nSPS) is 11.2. The highest BCUT2D eigenvalue weighted by Gasteiger charge is 2.32. The number of aromatic nitrogens is 2. The van der Waals surface area contributed by atoms with Crippen molar-refractivity contribution in [3.63, 3.8) is 0 Å². The molecule has 0 fully saturated rings. The van der Waals surface area contributed by atoms with Gasteiger partial charge in [-0.1, -0.05) is 24.3 Å². The highest BCUT2D eigenvalue weighted by molar-refractivity contribution is 5.70. The van der Waals surface area contributed by atoms with Crippen molar-refractivity contribution in [2.75, 3.05) is 12.4 Å². The molecule has 1 aromatic heterocycles. The van der Waals surface area contributed by atoms with Gasteiger partial charge in [0.25, 0.3) is 0 Å². The number of anilines is 2. The van der Waals surface area contributed by atoms with Gasteiger partial charge in [-0.2, -0.15) is 13.2 Å². The van der Waals surface area contributed by atoms with E-state index >= 15 is 0 Å². The molecule has 0 bridgehead atoms. The molecule has 128 valence electrons. The summed E-state index contributed by atoms with van der Waals surface area (Å²) in [6.45, 7) is 0. The average molecular weight is 345 g/mol. The smallest absolute Gasteiger partial charge is 0.433 e. The first-order valence-corrected chi connectivity index (χ1v) is 7.37. The Balaban J connectivity index is 1.87. The minimum atomic E-state index is -4.51. The average Bonchev–Trinajstić information content (AvgIpc) is 2.61. The lowest BCUT2D eigenvalue weighted by atomic mass is 10.0. The molecular formula is C18H14F3N3O. The van der Waals surface area contributed by atoms with Crippen molar-refractivity contribution in [3.05, 3.63) is 66.5 Å². The van der Waals surface area contributed by atoms with Gasteiger partial charge in [0, 0.05) is 11.9 Å². The molecule has 0 aliphatic carbocycles. The summed E-state index contributed by atoms with van der Waals surface area (Å²) in [5.74, 6) is 0.606. The van der Waals surface area contributed by atoms with Gasteiger partial charge >= 0.3 is 6.18 Å². The van der Waals surface area contributed by atoms with E-state index in [-0.39, 0.29) is 5.95 Å². The second-order valence-electron chi connectivity index (χ2n) is 5.20. The molecule has 0 atom stereocenters. The van der Waals surface area contributed by atoms with Crippen molar-refractivity contribution in [2.24, 2.45) is 0 Å². The number of methoxy groups -OCH3 is 1. The number of ether oxygens (including phenoxy) is 1. The number of alkyl halides is 3. The molecule has 0 aliphatic heterocycles. The minimum Gasteiger partial charge on any atom is -0.497 e. The van der Waals surface area contributed by atoms with Crippen LogP contribution >= 0.6 is 0 Å². The van der Waals surface area contributed by atoms with Crippen molar-refractivity contribution in [3.8, 4) is 16.9 Å². The monoisotopic (exact) mass is 345 g/mol. The molecule has 0 saturated carbocycles. The number of hydrogen-bond donors (Lipinski definition) is 1. The molecule has 0 spiro atoms. The summed E-state index contributed by atoms with van der Waals surface area (Å²) in [7, 11) is 1.59. The number of nitrogens with zero attached hydrogens (tertiary/aromatic N) is 2. The van der Waals surface area contributed by atoms with Crippen LogP contribution in [0.2, 0.25) is 0 Å². The number of benzene rings is 2. The molecule has 7 heteroatoms. The molecule has 0 radical (unpaired) electrons. The zero-order valence-corrected chi connectivity index (χ0v) is 13.2. The number of halogens is 3. The molecule has 25 heavy (non-hydrogen) atoms. The molecule has 3 aromatic rings. The fourth-order valence-corrected chi connectivity index (χ4v) is 2.29. The second kappa shape index (κ2) is 6.80. The summed E-state index contributed by atoms with van der Waals surface area (Å²) in [5.41, 5.74) is 1.40. The predicted molar refractivity (Wildman–Crippen MR) is 88.7 cm³/mol. The number of nitrogens with one attached hydrogen (secondary N) is 1. The van der Waals surface area contributed by atoms with Crippen LogP contribution in [0.5, 0.6) is 5.75 Å².